The van der Waals surface area contributed by atoms with Crippen molar-refractivity contribution in [2.45, 2.75) is 45.6 Å². The molecule has 0 aliphatic heterocycles. The summed E-state index contributed by atoms with van der Waals surface area (Å²) in [5.41, 5.74) is 3.71. The maximum absolute atomic E-state index is 10.5. The Balaban J connectivity index is 0.00000312. The van der Waals surface area contributed by atoms with Gasteiger partial charge < -0.3 is 17.5 Å². The molecule has 0 atom stereocenters. The highest BCUT2D eigenvalue weighted by atomic mass is 35.5. The second-order valence-electron chi connectivity index (χ2n) is 6.37. The van der Waals surface area contributed by atoms with Crippen molar-refractivity contribution < 1.29 is 26.9 Å². The van der Waals surface area contributed by atoms with Crippen molar-refractivity contribution in [2.75, 3.05) is 0 Å². The third kappa shape index (κ3) is 7.53. The molecule has 0 bridgehead atoms. The summed E-state index contributed by atoms with van der Waals surface area (Å²) in [6.45, 7) is 5.26. The number of carboxylic acids is 1. The van der Waals surface area contributed by atoms with E-state index in [4.69, 9.17) is 5.11 Å². The van der Waals surface area contributed by atoms with E-state index in [1.807, 2.05) is 12.4 Å². The number of pyridine rings is 1. The fourth-order valence-corrected chi connectivity index (χ4v) is 2.48. The van der Waals surface area contributed by atoms with Gasteiger partial charge in [0.1, 0.15) is 6.54 Å². The minimum atomic E-state index is -0.720. The summed E-state index contributed by atoms with van der Waals surface area (Å²) in [6, 6.07) is 12.8. The number of rotatable bonds is 8. The van der Waals surface area contributed by atoms with Crippen LogP contribution in [-0.2, 0) is 11.3 Å². The summed E-state index contributed by atoms with van der Waals surface area (Å²) in [7, 11) is 0. The quantitative estimate of drug-likeness (QED) is 0.573. The van der Waals surface area contributed by atoms with Crippen molar-refractivity contribution in [3.63, 3.8) is 0 Å². The zero-order valence-electron chi connectivity index (χ0n) is 14.9. The van der Waals surface area contributed by atoms with Gasteiger partial charge in [0.2, 0.25) is 0 Å². The summed E-state index contributed by atoms with van der Waals surface area (Å²) < 4.78 is 2.09. The summed E-state index contributed by atoms with van der Waals surface area (Å²) in [6.07, 6.45) is 10.2. The van der Waals surface area contributed by atoms with Crippen LogP contribution in [0.3, 0.4) is 0 Å². The van der Waals surface area contributed by atoms with Gasteiger partial charge in [-0.15, -0.1) is 0 Å². The number of carbonyl (C=O) groups is 1. The average Bonchev–Trinajstić information content (AvgIpc) is 2.58. The lowest BCUT2D eigenvalue weighted by Gasteiger charge is -2.04. The smallest absolute Gasteiger partial charge is 0.303 e. The molecule has 0 aliphatic rings. The molecule has 2 aromatic rings. The van der Waals surface area contributed by atoms with Crippen LogP contribution in [0.2, 0.25) is 0 Å². The van der Waals surface area contributed by atoms with Gasteiger partial charge in [0, 0.05) is 25.0 Å². The first-order valence-corrected chi connectivity index (χ1v) is 8.53. The molecule has 0 radical (unpaired) electrons. The van der Waals surface area contributed by atoms with Gasteiger partial charge >= 0.3 is 5.97 Å². The first-order valence-electron chi connectivity index (χ1n) is 8.53. The highest BCUT2D eigenvalue weighted by molar-refractivity contribution is 5.69. The lowest BCUT2D eigenvalue weighted by molar-refractivity contribution is -0.697. The molecule has 0 saturated carbocycles. The van der Waals surface area contributed by atoms with Crippen molar-refractivity contribution in [3.8, 4) is 0 Å². The normalized spacial score (nSPS) is 10.8. The molecule has 0 aliphatic carbocycles. The largest absolute Gasteiger partial charge is 1.00 e. The van der Waals surface area contributed by atoms with Gasteiger partial charge in [-0.25, -0.2) is 4.57 Å². The van der Waals surface area contributed by atoms with Gasteiger partial charge in [-0.05, 0) is 29.0 Å². The first-order chi connectivity index (χ1) is 11.5. The number of benzene rings is 1. The molecule has 1 heterocycles. The molecule has 2 rings (SSSR count). The van der Waals surface area contributed by atoms with Crippen LogP contribution in [0.5, 0.6) is 0 Å². The zero-order valence-corrected chi connectivity index (χ0v) is 15.6. The molecule has 134 valence electrons. The third-order valence-corrected chi connectivity index (χ3v) is 4.05. The van der Waals surface area contributed by atoms with Crippen molar-refractivity contribution in [1.29, 1.82) is 0 Å². The minimum absolute atomic E-state index is 0. The second kappa shape index (κ2) is 10.7. The molecule has 0 amide bonds. The van der Waals surface area contributed by atoms with Gasteiger partial charge in [-0.2, -0.15) is 0 Å². The number of aromatic nitrogens is 1. The number of nitrogens with zero attached hydrogens (tertiary/aromatic N) is 1. The van der Waals surface area contributed by atoms with Gasteiger partial charge in [-0.3, -0.25) is 4.79 Å². The number of hydrogen-bond donors (Lipinski definition) is 1. The Kier molecular flexibility index (Phi) is 8.93. The summed E-state index contributed by atoms with van der Waals surface area (Å²) in [4.78, 5) is 10.5. The highest BCUT2D eigenvalue weighted by Crippen LogP contribution is 2.16. The monoisotopic (exact) mass is 359 g/mol. The number of halogens is 1. The van der Waals surface area contributed by atoms with Crippen LogP contribution in [0.1, 0.15) is 55.7 Å². The number of carboxylic acid groups (broad SMARTS) is 1. The van der Waals surface area contributed by atoms with Crippen LogP contribution in [0, 0.1) is 0 Å². The Morgan fingerprint density at radius 1 is 1.00 bits per heavy atom. The van der Waals surface area contributed by atoms with Gasteiger partial charge in [-0.1, -0.05) is 50.3 Å². The van der Waals surface area contributed by atoms with Crippen molar-refractivity contribution in [2.24, 2.45) is 0 Å². The Labute approximate surface area is 156 Å². The predicted molar refractivity (Wildman–Crippen MR) is 97.6 cm³/mol. The van der Waals surface area contributed by atoms with Crippen LogP contribution in [-0.4, -0.2) is 11.1 Å². The Morgan fingerprint density at radius 3 is 2.08 bits per heavy atom. The maximum atomic E-state index is 10.5. The maximum Gasteiger partial charge on any atom is 0.303 e. The summed E-state index contributed by atoms with van der Waals surface area (Å²) >= 11 is 0. The van der Waals surface area contributed by atoms with E-state index in [1.165, 1.54) is 11.1 Å². The van der Waals surface area contributed by atoms with E-state index in [-0.39, 0.29) is 18.8 Å². The van der Waals surface area contributed by atoms with Crippen molar-refractivity contribution in [3.05, 3.63) is 65.5 Å². The zero-order chi connectivity index (χ0) is 17.4. The molecule has 1 aromatic heterocycles. The number of aliphatic carboxylic acids is 1. The van der Waals surface area contributed by atoms with E-state index in [1.54, 1.807) is 0 Å². The lowest BCUT2D eigenvalue weighted by atomic mass is 10.0. The lowest BCUT2D eigenvalue weighted by Crippen LogP contribution is -3.00. The van der Waals surface area contributed by atoms with Gasteiger partial charge in [0.15, 0.2) is 12.4 Å². The molecule has 1 aromatic carbocycles. The van der Waals surface area contributed by atoms with Crippen molar-refractivity contribution in [1.82, 2.24) is 0 Å². The fraction of sp³-hybridized carbons (Fsp3) is 0.333. The first kappa shape index (κ1) is 20.9. The highest BCUT2D eigenvalue weighted by Gasteiger charge is 2.02. The standard InChI is InChI=1S/C21H25NO2.ClH/c1-17(2)20-10-8-18(9-11-20)6-7-19-12-15-22(16-13-19)14-4-3-5-21(23)24;/h6-13,15-17H,3-5,14H2,1-2H3;1H/b7-6-;. The number of aryl methyl sites for hydroxylation is 1. The molecule has 4 heteroatoms. The van der Waals surface area contributed by atoms with E-state index in [0.717, 1.165) is 24.9 Å². The van der Waals surface area contributed by atoms with Crippen LogP contribution >= 0.6 is 0 Å². The summed E-state index contributed by atoms with van der Waals surface area (Å²) in [5.74, 6) is -0.162. The van der Waals surface area contributed by atoms with E-state index < -0.39 is 5.97 Å². The predicted octanol–water partition coefficient (Wildman–Crippen LogP) is 1.53. The van der Waals surface area contributed by atoms with Crippen molar-refractivity contribution >= 4 is 18.1 Å². The van der Waals surface area contributed by atoms with E-state index >= 15 is 0 Å². The van der Waals surface area contributed by atoms with E-state index in [2.05, 4.69) is 67.0 Å². The molecule has 0 saturated heterocycles. The Hall–Kier alpha value is -2.13. The molecule has 0 spiro atoms. The van der Waals surface area contributed by atoms with E-state index in [0.29, 0.717) is 5.92 Å². The van der Waals surface area contributed by atoms with Crippen LogP contribution in [0.25, 0.3) is 12.2 Å². The van der Waals surface area contributed by atoms with Crippen LogP contribution in [0.4, 0.5) is 0 Å². The molecule has 25 heavy (non-hydrogen) atoms. The summed E-state index contributed by atoms with van der Waals surface area (Å²) in [5, 5.41) is 8.63. The second-order valence-corrected chi connectivity index (χ2v) is 6.37. The Morgan fingerprint density at radius 2 is 1.56 bits per heavy atom. The van der Waals surface area contributed by atoms with Crippen LogP contribution in [0.15, 0.2) is 48.8 Å². The molecule has 3 nitrogen and oxygen atoms in total. The SMILES string of the molecule is CC(C)c1ccc(/C=C\c2cc[n+](CCCCC(=O)O)cc2)cc1.[Cl-]. The number of unbranched alkanes of at least 4 members (excludes halogenated alkanes) is 1. The van der Waals surface area contributed by atoms with E-state index in [9.17, 15) is 4.79 Å². The molecule has 1 N–H and O–H groups in total. The topological polar surface area (TPSA) is 41.2 Å². The number of hydrogen-bond acceptors (Lipinski definition) is 1. The van der Waals surface area contributed by atoms with Gasteiger partial charge in [0.05, 0.1) is 0 Å². The van der Waals surface area contributed by atoms with Crippen LogP contribution < -0.4 is 17.0 Å². The molecular weight excluding hydrogens is 334 g/mol. The molecule has 0 fully saturated rings. The fourth-order valence-electron chi connectivity index (χ4n) is 2.48. The third-order valence-electron chi connectivity index (χ3n) is 4.05. The molecular formula is C21H26ClNO2. The average molecular weight is 360 g/mol. The van der Waals surface area contributed by atoms with Gasteiger partial charge in [0.25, 0.3) is 0 Å². The Bertz CT molecular complexity index is 676. The molecule has 0 unspecified atom stereocenters. The minimum Gasteiger partial charge on any atom is -1.00 e.